The van der Waals surface area contributed by atoms with Gasteiger partial charge in [0, 0.05) is 18.4 Å². The molecule has 22 heavy (non-hydrogen) atoms. The number of rotatable bonds is 6. The van der Waals surface area contributed by atoms with E-state index < -0.39 is 6.03 Å². The Morgan fingerprint density at radius 1 is 1.23 bits per heavy atom. The predicted molar refractivity (Wildman–Crippen MR) is 85.4 cm³/mol. The fourth-order valence-corrected chi connectivity index (χ4v) is 2.76. The molecule has 4 N–H and O–H groups in total. The molecule has 2 rings (SSSR count). The summed E-state index contributed by atoms with van der Waals surface area (Å²) < 4.78 is 0. The van der Waals surface area contributed by atoms with Crippen LogP contribution in [-0.4, -0.2) is 24.0 Å². The molecule has 1 aromatic carbocycles. The first kappa shape index (κ1) is 16.5. The molecule has 0 spiro atoms. The van der Waals surface area contributed by atoms with Crippen LogP contribution in [0.15, 0.2) is 24.3 Å². The van der Waals surface area contributed by atoms with Crippen molar-refractivity contribution in [2.75, 3.05) is 0 Å². The molecular weight excluding hydrogens is 278 g/mol. The molecule has 2 atom stereocenters. The lowest BCUT2D eigenvalue weighted by Crippen LogP contribution is -3.16. The monoisotopic (exact) mass is 304 g/mol. The van der Waals surface area contributed by atoms with Crippen LogP contribution in [0.2, 0.25) is 0 Å². The minimum Gasteiger partial charge on any atom is -0.351 e. The molecular formula is C17H26N3O2+. The number of carbonyl (C=O) groups excluding carboxylic acids is 2. The van der Waals surface area contributed by atoms with Crippen LogP contribution in [0.4, 0.5) is 4.79 Å². The molecule has 1 aliphatic rings. The Hall–Kier alpha value is -1.88. The number of urea groups is 1. The zero-order valence-corrected chi connectivity index (χ0v) is 13.6. The SMILES string of the molecule is CC(C)c1ccc(C[NH+](C2CC2)[C@@H](C)C(=O)NC(N)=O)cc1. The third-order valence-electron chi connectivity index (χ3n) is 4.35. The Morgan fingerprint density at radius 2 is 1.82 bits per heavy atom. The molecule has 0 aromatic heterocycles. The summed E-state index contributed by atoms with van der Waals surface area (Å²) in [6.45, 7) is 6.99. The highest BCUT2D eigenvalue weighted by molar-refractivity contribution is 5.95. The van der Waals surface area contributed by atoms with Gasteiger partial charge in [-0.2, -0.15) is 0 Å². The Morgan fingerprint density at radius 3 is 2.27 bits per heavy atom. The molecule has 3 amide bonds. The van der Waals surface area contributed by atoms with Gasteiger partial charge >= 0.3 is 6.03 Å². The van der Waals surface area contributed by atoms with E-state index in [0.29, 0.717) is 12.0 Å². The van der Waals surface area contributed by atoms with Gasteiger partial charge in [0.05, 0.1) is 6.04 Å². The average molecular weight is 304 g/mol. The number of amides is 3. The predicted octanol–water partition coefficient (Wildman–Crippen LogP) is 0.941. The van der Waals surface area contributed by atoms with Crippen molar-refractivity contribution in [3.05, 3.63) is 35.4 Å². The summed E-state index contributed by atoms with van der Waals surface area (Å²) in [7, 11) is 0. The van der Waals surface area contributed by atoms with Gasteiger partial charge < -0.3 is 10.6 Å². The second-order valence-electron chi connectivity index (χ2n) is 6.50. The number of nitrogens with one attached hydrogen (secondary N) is 2. The summed E-state index contributed by atoms with van der Waals surface area (Å²) in [6, 6.07) is 8.00. The zero-order chi connectivity index (χ0) is 16.3. The Bertz CT molecular complexity index is 535. The number of imide groups is 1. The van der Waals surface area contributed by atoms with Crippen molar-refractivity contribution in [3.63, 3.8) is 0 Å². The van der Waals surface area contributed by atoms with Crippen molar-refractivity contribution >= 4 is 11.9 Å². The van der Waals surface area contributed by atoms with E-state index in [2.05, 4.69) is 43.4 Å². The fraction of sp³-hybridized carbons (Fsp3) is 0.529. The highest BCUT2D eigenvalue weighted by atomic mass is 16.2. The highest BCUT2D eigenvalue weighted by Gasteiger charge is 2.39. The van der Waals surface area contributed by atoms with E-state index in [1.807, 2.05) is 6.92 Å². The first-order chi connectivity index (χ1) is 10.4. The third kappa shape index (κ3) is 4.31. The molecule has 0 bridgehead atoms. The molecule has 0 radical (unpaired) electrons. The van der Waals surface area contributed by atoms with Crippen molar-refractivity contribution in [1.29, 1.82) is 0 Å². The number of nitrogens with two attached hydrogens (primary N) is 1. The van der Waals surface area contributed by atoms with Crippen LogP contribution >= 0.6 is 0 Å². The second kappa shape index (κ2) is 6.92. The van der Waals surface area contributed by atoms with Crippen molar-refractivity contribution in [1.82, 2.24) is 5.32 Å². The summed E-state index contributed by atoms with van der Waals surface area (Å²) in [5.41, 5.74) is 7.57. The molecule has 0 heterocycles. The molecule has 0 saturated heterocycles. The minimum atomic E-state index is -0.784. The molecule has 5 heteroatoms. The van der Waals surface area contributed by atoms with Crippen LogP contribution in [-0.2, 0) is 11.3 Å². The lowest BCUT2D eigenvalue weighted by atomic mass is 10.0. The standard InChI is InChI=1S/C17H25N3O2/c1-11(2)14-6-4-13(5-7-14)10-20(15-8-9-15)12(3)16(21)19-17(18)22/h4-7,11-12,15H,8-10H2,1-3H3,(H3,18,19,21,22)/p+1/t12-/m0/s1. The van der Waals surface area contributed by atoms with Crippen molar-refractivity contribution in [2.45, 2.75) is 58.2 Å². The van der Waals surface area contributed by atoms with Crippen molar-refractivity contribution < 1.29 is 14.5 Å². The molecule has 1 aliphatic carbocycles. The van der Waals surface area contributed by atoms with Gasteiger partial charge in [0.1, 0.15) is 6.54 Å². The molecule has 1 saturated carbocycles. The van der Waals surface area contributed by atoms with Gasteiger partial charge in [-0.1, -0.05) is 38.1 Å². The minimum absolute atomic E-state index is 0.287. The highest BCUT2D eigenvalue weighted by Crippen LogP contribution is 2.18. The maximum Gasteiger partial charge on any atom is 0.319 e. The summed E-state index contributed by atoms with van der Waals surface area (Å²) in [4.78, 5) is 24.1. The fourth-order valence-electron chi connectivity index (χ4n) is 2.76. The van der Waals surface area contributed by atoms with Gasteiger partial charge in [0.25, 0.3) is 5.91 Å². The van der Waals surface area contributed by atoms with Gasteiger partial charge in [0.2, 0.25) is 0 Å². The third-order valence-corrected chi connectivity index (χ3v) is 4.35. The lowest BCUT2D eigenvalue weighted by Gasteiger charge is -2.25. The van der Waals surface area contributed by atoms with E-state index in [0.717, 1.165) is 19.4 Å². The molecule has 5 nitrogen and oxygen atoms in total. The van der Waals surface area contributed by atoms with Gasteiger partial charge in [-0.25, -0.2) is 4.79 Å². The normalized spacial score (nSPS) is 17.1. The van der Waals surface area contributed by atoms with Gasteiger partial charge in [-0.05, 0) is 18.4 Å². The van der Waals surface area contributed by atoms with E-state index in [4.69, 9.17) is 5.73 Å². The second-order valence-corrected chi connectivity index (χ2v) is 6.50. The first-order valence-electron chi connectivity index (χ1n) is 7.93. The summed E-state index contributed by atoms with van der Waals surface area (Å²) >= 11 is 0. The molecule has 1 unspecified atom stereocenters. The number of quaternary nitrogens is 1. The number of hydrogen-bond donors (Lipinski definition) is 3. The maximum absolute atomic E-state index is 12.0. The Kier molecular flexibility index (Phi) is 5.19. The molecule has 1 fully saturated rings. The maximum atomic E-state index is 12.0. The summed E-state index contributed by atoms with van der Waals surface area (Å²) in [5, 5.41) is 2.19. The summed E-state index contributed by atoms with van der Waals surface area (Å²) in [5.74, 6) is 0.217. The van der Waals surface area contributed by atoms with Crippen LogP contribution in [0.3, 0.4) is 0 Å². The van der Waals surface area contributed by atoms with Crippen LogP contribution < -0.4 is 16.0 Å². The first-order valence-corrected chi connectivity index (χ1v) is 7.93. The molecule has 0 aliphatic heterocycles. The van der Waals surface area contributed by atoms with Gasteiger partial charge in [-0.3, -0.25) is 10.1 Å². The molecule has 120 valence electrons. The molecule has 1 aromatic rings. The van der Waals surface area contributed by atoms with E-state index >= 15 is 0 Å². The van der Waals surface area contributed by atoms with Gasteiger partial charge in [0.15, 0.2) is 6.04 Å². The smallest absolute Gasteiger partial charge is 0.319 e. The van der Waals surface area contributed by atoms with E-state index in [1.54, 1.807) is 0 Å². The van der Waals surface area contributed by atoms with Crippen molar-refractivity contribution in [2.24, 2.45) is 5.73 Å². The van der Waals surface area contributed by atoms with Crippen LogP contribution in [0.1, 0.15) is 50.7 Å². The largest absolute Gasteiger partial charge is 0.351 e. The quantitative estimate of drug-likeness (QED) is 0.731. The average Bonchev–Trinajstić information content (AvgIpc) is 3.28. The zero-order valence-electron chi connectivity index (χ0n) is 13.6. The van der Waals surface area contributed by atoms with Crippen LogP contribution in [0.5, 0.6) is 0 Å². The van der Waals surface area contributed by atoms with Crippen LogP contribution in [0.25, 0.3) is 0 Å². The van der Waals surface area contributed by atoms with Crippen molar-refractivity contribution in [3.8, 4) is 0 Å². The van der Waals surface area contributed by atoms with E-state index in [-0.39, 0.29) is 11.9 Å². The number of primary amides is 1. The number of benzene rings is 1. The lowest BCUT2D eigenvalue weighted by molar-refractivity contribution is -0.938. The van der Waals surface area contributed by atoms with E-state index in [1.165, 1.54) is 16.0 Å². The van der Waals surface area contributed by atoms with E-state index in [9.17, 15) is 9.59 Å². The van der Waals surface area contributed by atoms with Crippen LogP contribution in [0, 0.1) is 0 Å². The number of carbonyl (C=O) groups is 2. The summed E-state index contributed by atoms with van der Waals surface area (Å²) in [6.07, 6.45) is 2.27. The Labute approximate surface area is 131 Å². The topological polar surface area (TPSA) is 76.6 Å². The Balaban J connectivity index is 2.05. The van der Waals surface area contributed by atoms with Gasteiger partial charge in [-0.15, -0.1) is 0 Å². The number of hydrogen-bond acceptors (Lipinski definition) is 2.